The van der Waals surface area contributed by atoms with Crippen molar-refractivity contribution >= 4 is 6.03 Å². The van der Waals surface area contributed by atoms with Crippen LogP contribution in [0.3, 0.4) is 0 Å². The van der Waals surface area contributed by atoms with E-state index in [1.165, 1.54) is 6.20 Å². The van der Waals surface area contributed by atoms with Gasteiger partial charge in [0.15, 0.2) is 0 Å². The Bertz CT molecular complexity index is 368. The Hall–Kier alpha value is -1.85. The molecule has 3 N–H and O–H groups in total. The minimum absolute atomic E-state index is 0.123. The number of primary amides is 1. The predicted molar refractivity (Wildman–Crippen MR) is 39.3 cm³/mol. The van der Waals surface area contributed by atoms with Crippen LogP contribution in [0.1, 0.15) is 5.69 Å². The molecular weight excluding hydrogens is 160 g/mol. The first-order chi connectivity index (χ1) is 5.61. The highest BCUT2D eigenvalue weighted by Crippen LogP contribution is 1.85. The fourth-order valence-electron chi connectivity index (χ4n) is 0.670. The van der Waals surface area contributed by atoms with Gasteiger partial charge in [0.1, 0.15) is 0 Å². The first kappa shape index (κ1) is 8.25. The third-order valence-electron chi connectivity index (χ3n) is 1.24. The number of urea groups is 1. The SMILES string of the molecule is Cc1ccnc(=NC(N)=O)n1O. The number of nitrogens with zero attached hydrogens (tertiary/aromatic N) is 3. The van der Waals surface area contributed by atoms with Crippen LogP contribution in [0.4, 0.5) is 4.79 Å². The molecule has 0 spiro atoms. The van der Waals surface area contributed by atoms with Gasteiger partial charge in [-0.25, -0.2) is 9.78 Å². The molecule has 0 atom stereocenters. The van der Waals surface area contributed by atoms with Crippen LogP contribution in [-0.4, -0.2) is 21.0 Å². The van der Waals surface area contributed by atoms with Crippen LogP contribution in [0.15, 0.2) is 17.3 Å². The molecule has 0 fully saturated rings. The van der Waals surface area contributed by atoms with Crippen LogP contribution < -0.4 is 11.4 Å². The maximum atomic E-state index is 10.3. The first-order valence-corrected chi connectivity index (χ1v) is 3.19. The van der Waals surface area contributed by atoms with Crippen LogP contribution in [0.5, 0.6) is 0 Å². The lowest BCUT2D eigenvalue weighted by molar-refractivity contribution is 0.159. The van der Waals surface area contributed by atoms with E-state index in [1.54, 1.807) is 13.0 Å². The third-order valence-corrected chi connectivity index (χ3v) is 1.24. The summed E-state index contributed by atoms with van der Waals surface area (Å²) in [6.07, 6.45) is 1.42. The largest absolute Gasteiger partial charge is 0.425 e. The van der Waals surface area contributed by atoms with E-state index in [-0.39, 0.29) is 5.62 Å². The molecule has 6 heteroatoms. The monoisotopic (exact) mass is 168 g/mol. The normalized spacial score (nSPS) is 11.6. The molecule has 2 amide bonds. The minimum Gasteiger partial charge on any atom is -0.425 e. The maximum Gasteiger partial charge on any atom is 0.341 e. The smallest absolute Gasteiger partial charge is 0.341 e. The minimum atomic E-state index is -0.893. The van der Waals surface area contributed by atoms with Crippen molar-refractivity contribution in [3.05, 3.63) is 23.6 Å². The molecule has 0 unspecified atom stereocenters. The van der Waals surface area contributed by atoms with Gasteiger partial charge in [-0.2, -0.15) is 9.72 Å². The average molecular weight is 168 g/mol. The highest BCUT2D eigenvalue weighted by atomic mass is 16.5. The third kappa shape index (κ3) is 1.60. The van der Waals surface area contributed by atoms with Gasteiger partial charge in [-0.3, -0.25) is 0 Å². The summed E-state index contributed by atoms with van der Waals surface area (Å²) in [6.45, 7) is 1.64. The van der Waals surface area contributed by atoms with Crippen LogP contribution >= 0.6 is 0 Å². The van der Waals surface area contributed by atoms with Crippen molar-refractivity contribution in [2.45, 2.75) is 6.92 Å². The molecule has 0 aromatic carbocycles. The molecule has 1 aromatic heterocycles. The molecule has 1 rings (SSSR count). The second-order valence-electron chi connectivity index (χ2n) is 2.15. The Morgan fingerprint density at radius 2 is 2.50 bits per heavy atom. The second-order valence-corrected chi connectivity index (χ2v) is 2.15. The Balaban J connectivity index is 3.35. The highest BCUT2D eigenvalue weighted by Gasteiger charge is 1.95. The lowest BCUT2D eigenvalue weighted by Gasteiger charge is -1.99. The Morgan fingerprint density at radius 3 is 3.08 bits per heavy atom. The summed E-state index contributed by atoms with van der Waals surface area (Å²) >= 11 is 0. The molecule has 0 aliphatic heterocycles. The van der Waals surface area contributed by atoms with Crippen molar-refractivity contribution in [2.75, 3.05) is 0 Å². The van der Waals surface area contributed by atoms with E-state index in [0.29, 0.717) is 10.4 Å². The lowest BCUT2D eigenvalue weighted by Crippen LogP contribution is -2.26. The number of rotatable bonds is 0. The van der Waals surface area contributed by atoms with E-state index >= 15 is 0 Å². The summed E-state index contributed by atoms with van der Waals surface area (Å²) in [5.74, 6) is 0. The van der Waals surface area contributed by atoms with Crippen LogP contribution in [-0.2, 0) is 0 Å². The van der Waals surface area contributed by atoms with Crippen molar-refractivity contribution in [3.63, 3.8) is 0 Å². The van der Waals surface area contributed by atoms with E-state index in [0.717, 1.165) is 0 Å². The van der Waals surface area contributed by atoms with Crippen molar-refractivity contribution < 1.29 is 10.0 Å². The Kier molecular flexibility index (Phi) is 2.09. The van der Waals surface area contributed by atoms with Crippen LogP contribution in [0.25, 0.3) is 0 Å². The van der Waals surface area contributed by atoms with Gasteiger partial charge in [-0.15, -0.1) is 0 Å². The highest BCUT2D eigenvalue weighted by molar-refractivity contribution is 5.72. The predicted octanol–water partition coefficient (Wildman–Crippen LogP) is -0.592. The fourth-order valence-corrected chi connectivity index (χ4v) is 0.670. The molecule has 12 heavy (non-hydrogen) atoms. The van der Waals surface area contributed by atoms with Crippen molar-refractivity contribution in [2.24, 2.45) is 10.7 Å². The zero-order valence-electron chi connectivity index (χ0n) is 6.43. The number of hydrogen-bond donors (Lipinski definition) is 2. The molecule has 0 radical (unpaired) electrons. The molecular formula is C6H8N4O2. The van der Waals surface area contributed by atoms with Gasteiger partial charge in [-0.05, 0) is 13.0 Å². The fraction of sp³-hybridized carbons (Fsp3) is 0.167. The molecule has 0 saturated heterocycles. The number of aromatic nitrogens is 2. The number of amides is 2. The van der Waals surface area contributed by atoms with Gasteiger partial charge < -0.3 is 10.9 Å². The van der Waals surface area contributed by atoms with Gasteiger partial charge in [0.05, 0.1) is 5.69 Å². The van der Waals surface area contributed by atoms with Crippen molar-refractivity contribution in [1.82, 2.24) is 9.71 Å². The van der Waals surface area contributed by atoms with Gasteiger partial charge in [0.25, 0.3) is 5.62 Å². The zero-order chi connectivity index (χ0) is 9.14. The number of carbonyl (C=O) groups is 1. The van der Waals surface area contributed by atoms with Gasteiger partial charge >= 0.3 is 6.03 Å². The molecule has 64 valence electrons. The number of nitrogens with two attached hydrogens (primary N) is 1. The maximum absolute atomic E-state index is 10.3. The molecule has 0 bridgehead atoms. The number of aryl methyl sites for hydroxylation is 1. The Morgan fingerprint density at radius 1 is 1.83 bits per heavy atom. The van der Waals surface area contributed by atoms with Crippen LogP contribution in [0.2, 0.25) is 0 Å². The van der Waals surface area contributed by atoms with E-state index in [9.17, 15) is 10.0 Å². The molecule has 1 heterocycles. The van der Waals surface area contributed by atoms with E-state index in [4.69, 9.17) is 5.73 Å². The summed E-state index contributed by atoms with van der Waals surface area (Å²) < 4.78 is 0.685. The standard InChI is InChI=1S/C6H8N4O2/c1-4-2-3-8-6(10(4)12)9-5(7)11/h2-3,12H,1H3,(H2,7,11). The van der Waals surface area contributed by atoms with E-state index in [2.05, 4.69) is 9.98 Å². The zero-order valence-corrected chi connectivity index (χ0v) is 6.43. The quantitative estimate of drug-likeness (QED) is 0.507. The van der Waals surface area contributed by atoms with Crippen molar-refractivity contribution in [3.8, 4) is 0 Å². The lowest BCUT2D eigenvalue weighted by atomic mass is 10.5. The van der Waals surface area contributed by atoms with E-state index in [1.807, 2.05) is 0 Å². The average Bonchev–Trinajstić information content (AvgIpc) is 1.98. The van der Waals surface area contributed by atoms with Gasteiger partial charge in [-0.1, -0.05) is 0 Å². The summed E-state index contributed by atoms with van der Waals surface area (Å²) in [5, 5.41) is 9.20. The molecule has 0 aliphatic rings. The number of carbonyl (C=O) groups excluding carboxylic acids is 1. The number of hydrogen-bond acceptors (Lipinski definition) is 3. The summed E-state index contributed by atoms with van der Waals surface area (Å²) in [7, 11) is 0. The molecule has 0 aliphatic carbocycles. The summed E-state index contributed by atoms with van der Waals surface area (Å²) in [4.78, 5) is 17.2. The summed E-state index contributed by atoms with van der Waals surface area (Å²) in [6, 6.07) is 0.677. The second kappa shape index (κ2) is 3.04. The van der Waals surface area contributed by atoms with Crippen LogP contribution in [0, 0.1) is 6.92 Å². The van der Waals surface area contributed by atoms with E-state index < -0.39 is 6.03 Å². The van der Waals surface area contributed by atoms with Gasteiger partial charge in [0.2, 0.25) is 0 Å². The van der Waals surface area contributed by atoms with Crippen molar-refractivity contribution in [1.29, 1.82) is 0 Å². The van der Waals surface area contributed by atoms with Gasteiger partial charge in [0, 0.05) is 6.20 Å². The Labute approximate surface area is 68.0 Å². The molecule has 1 aromatic rings. The molecule has 6 nitrogen and oxygen atoms in total. The molecule has 0 saturated carbocycles. The first-order valence-electron chi connectivity index (χ1n) is 3.19. The topological polar surface area (TPSA) is 93.5 Å². The summed E-state index contributed by atoms with van der Waals surface area (Å²) in [5.41, 5.74) is 5.17.